The van der Waals surface area contributed by atoms with Crippen LogP contribution in [0.25, 0.3) is 10.9 Å². The number of para-hydroxylation sites is 3. The van der Waals surface area contributed by atoms with Crippen LogP contribution >= 0.6 is 0 Å². The maximum absolute atomic E-state index is 5.87. The molecule has 3 aromatic rings. The Balaban J connectivity index is 1.18. The fourth-order valence-corrected chi connectivity index (χ4v) is 4.09. The lowest BCUT2D eigenvalue weighted by atomic mass is 9.91. The molecule has 5 nitrogen and oxygen atoms in total. The molecule has 0 bridgehead atoms. The van der Waals surface area contributed by atoms with Crippen molar-refractivity contribution in [1.82, 2.24) is 15.1 Å². The van der Waals surface area contributed by atoms with E-state index in [1.165, 1.54) is 23.9 Å². The molecular formula is C23H29N3O2. The number of hydrogen-bond acceptors (Lipinski definition) is 4. The summed E-state index contributed by atoms with van der Waals surface area (Å²) in [6.45, 7) is 4.19. The number of rotatable bonds is 8. The lowest BCUT2D eigenvalue weighted by molar-refractivity contribution is 0.200. The van der Waals surface area contributed by atoms with Crippen LogP contribution in [0.3, 0.4) is 0 Å². The summed E-state index contributed by atoms with van der Waals surface area (Å²) >= 11 is 0. The molecule has 0 amide bonds. The monoisotopic (exact) mass is 379 g/mol. The van der Waals surface area contributed by atoms with Gasteiger partial charge in [0, 0.05) is 17.0 Å². The minimum absolute atomic E-state index is 0.595. The number of aromatic amines is 1. The van der Waals surface area contributed by atoms with Gasteiger partial charge in [-0.2, -0.15) is 5.10 Å². The molecule has 1 aliphatic heterocycles. The largest absolute Gasteiger partial charge is 0.493 e. The van der Waals surface area contributed by atoms with E-state index in [0.29, 0.717) is 5.92 Å². The van der Waals surface area contributed by atoms with Gasteiger partial charge in [-0.1, -0.05) is 30.3 Å². The highest BCUT2D eigenvalue weighted by molar-refractivity contribution is 5.81. The summed E-state index contributed by atoms with van der Waals surface area (Å²) in [7, 11) is 1.68. The van der Waals surface area contributed by atoms with Crippen LogP contribution in [0.15, 0.2) is 48.5 Å². The van der Waals surface area contributed by atoms with Gasteiger partial charge in [0.1, 0.15) is 0 Å². The maximum atomic E-state index is 5.87. The second-order valence-corrected chi connectivity index (χ2v) is 7.48. The Morgan fingerprint density at radius 2 is 1.75 bits per heavy atom. The van der Waals surface area contributed by atoms with Crippen LogP contribution in [0.2, 0.25) is 0 Å². The Morgan fingerprint density at radius 3 is 2.57 bits per heavy atom. The zero-order valence-corrected chi connectivity index (χ0v) is 16.6. The van der Waals surface area contributed by atoms with Crippen LogP contribution in [0.4, 0.5) is 0 Å². The Kier molecular flexibility index (Phi) is 6.12. The third-order valence-corrected chi connectivity index (χ3v) is 5.68. The molecule has 0 spiro atoms. The summed E-state index contributed by atoms with van der Waals surface area (Å²) in [5.41, 5.74) is 2.40. The Morgan fingerprint density at radius 1 is 1.00 bits per heavy atom. The van der Waals surface area contributed by atoms with E-state index >= 15 is 0 Å². The average molecular weight is 380 g/mol. The fraction of sp³-hybridized carbons (Fsp3) is 0.435. The molecule has 2 aromatic carbocycles. The first-order valence-electron chi connectivity index (χ1n) is 10.3. The van der Waals surface area contributed by atoms with E-state index in [0.717, 1.165) is 56.1 Å². The van der Waals surface area contributed by atoms with Gasteiger partial charge in [0.05, 0.1) is 19.2 Å². The van der Waals surface area contributed by atoms with Crippen LogP contribution in [0.5, 0.6) is 11.5 Å². The predicted molar refractivity (Wildman–Crippen MR) is 112 cm³/mol. The standard InChI is InChI=1S/C23H29N3O2/c1-27-21-10-4-5-11-22(21)28-17-7-6-14-26-15-12-18(13-16-26)23-19-8-2-3-9-20(19)24-25-23/h2-5,8-11,18H,6-7,12-17H2,1H3,(H,24,25). The van der Waals surface area contributed by atoms with E-state index in [9.17, 15) is 0 Å². The lowest BCUT2D eigenvalue weighted by Crippen LogP contribution is -2.34. The van der Waals surface area contributed by atoms with Crippen molar-refractivity contribution < 1.29 is 9.47 Å². The van der Waals surface area contributed by atoms with Crippen molar-refractivity contribution in [1.29, 1.82) is 0 Å². The van der Waals surface area contributed by atoms with Gasteiger partial charge < -0.3 is 14.4 Å². The fourth-order valence-electron chi connectivity index (χ4n) is 4.09. The Bertz CT molecular complexity index is 884. The van der Waals surface area contributed by atoms with Crippen molar-refractivity contribution >= 4 is 10.9 Å². The van der Waals surface area contributed by atoms with E-state index < -0.39 is 0 Å². The van der Waals surface area contributed by atoms with Gasteiger partial charge in [0.25, 0.3) is 0 Å². The molecule has 0 radical (unpaired) electrons. The maximum Gasteiger partial charge on any atom is 0.161 e. The molecule has 1 N–H and O–H groups in total. The number of unbranched alkanes of at least 4 members (excludes halogenated alkanes) is 1. The van der Waals surface area contributed by atoms with Gasteiger partial charge in [0.2, 0.25) is 0 Å². The van der Waals surface area contributed by atoms with Crippen molar-refractivity contribution in [3.63, 3.8) is 0 Å². The number of hydrogen-bond donors (Lipinski definition) is 1. The molecule has 5 heteroatoms. The molecule has 28 heavy (non-hydrogen) atoms. The van der Waals surface area contributed by atoms with E-state index in [2.05, 4.69) is 33.3 Å². The number of nitrogens with zero attached hydrogens (tertiary/aromatic N) is 2. The summed E-state index contributed by atoms with van der Waals surface area (Å²) in [6.07, 6.45) is 4.61. The molecule has 0 aliphatic carbocycles. The van der Waals surface area contributed by atoms with E-state index in [-0.39, 0.29) is 0 Å². The topological polar surface area (TPSA) is 50.4 Å². The molecule has 1 fully saturated rings. The van der Waals surface area contributed by atoms with Crippen LogP contribution in [0.1, 0.15) is 37.3 Å². The molecule has 0 unspecified atom stereocenters. The number of aromatic nitrogens is 2. The number of fused-ring (bicyclic) bond motifs is 1. The van der Waals surface area contributed by atoms with Crippen LogP contribution in [-0.4, -0.2) is 48.4 Å². The normalized spacial score (nSPS) is 15.8. The molecule has 0 saturated carbocycles. The Hall–Kier alpha value is -2.53. The average Bonchev–Trinajstić information content (AvgIpc) is 3.18. The number of ether oxygens (including phenoxy) is 2. The number of methoxy groups -OCH3 is 1. The molecule has 1 aliphatic rings. The summed E-state index contributed by atoms with van der Waals surface area (Å²) in [4.78, 5) is 2.58. The van der Waals surface area contributed by atoms with Gasteiger partial charge in [-0.25, -0.2) is 0 Å². The number of nitrogens with one attached hydrogen (secondary N) is 1. The smallest absolute Gasteiger partial charge is 0.161 e. The number of likely N-dealkylation sites (tertiary alicyclic amines) is 1. The first-order chi connectivity index (χ1) is 13.8. The highest BCUT2D eigenvalue weighted by Crippen LogP contribution is 2.31. The van der Waals surface area contributed by atoms with E-state index in [4.69, 9.17) is 9.47 Å². The molecular weight excluding hydrogens is 350 g/mol. The van der Waals surface area contributed by atoms with Crippen molar-refractivity contribution in [2.45, 2.75) is 31.6 Å². The molecule has 0 atom stereocenters. The first-order valence-corrected chi connectivity index (χ1v) is 10.3. The van der Waals surface area contributed by atoms with Crippen molar-refractivity contribution in [2.75, 3.05) is 33.4 Å². The second-order valence-electron chi connectivity index (χ2n) is 7.48. The van der Waals surface area contributed by atoms with E-state index in [1.54, 1.807) is 7.11 Å². The SMILES string of the molecule is COc1ccccc1OCCCCN1CCC(c2[nH]nc3ccccc23)CC1. The van der Waals surface area contributed by atoms with Crippen molar-refractivity contribution in [2.24, 2.45) is 0 Å². The first kappa shape index (κ1) is 18.8. The van der Waals surface area contributed by atoms with Crippen molar-refractivity contribution in [3.8, 4) is 11.5 Å². The molecule has 1 saturated heterocycles. The van der Waals surface area contributed by atoms with Crippen LogP contribution < -0.4 is 9.47 Å². The Labute approximate surface area is 166 Å². The number of benzene rings is 2. The van der Waals surface area contributed by atoms with Gasteiger partial charge in [-0.15, -0.1) is 0 Å². The summed E-state index contributed by atoms with van der Waals surface area (Å²) in [5, 5.41) is 9.03. The molecule has 4 rings (SSSR count). The third kappa shape index (κ3) is 4.30. The van der Waals surface area contributed by atoms with Crippen LogP contribution in [0, 0.1) is 0 Å². The zero-order chi connectivity index (χ0) is 19.2. The quantitative estimate of drug-likeness (QED) is 0.581. The number of H-pyrrole nitrogens is 1. The summed E-state index contributed by atoms with van der Waals surface area (Å²) < 4.78 is 11.2. The minimum Gasteiger partial charge on any atom is -0.493 e. The zero-order valence-electron chi connectivity index (χ0n) is 16.6. The van der Waals surface area contributed by atoms with Crippen molar-refractivity contribution in [3.05, 3.63) is 54.2 Å². The molecule has 1 aromatic heterocycles. The van der Waals surface area contributed by atoms with Gasteiger partial charge >= 0.3 is 0 Å². The molecule has 2 heterocycles. The van der Waals surface area contributed by atoms with Crippen LogP contribution in [-0.2, 0) is 0 Å². The molecule has 148 valence electrons. The second kappa shape index (κ2) is 9.11. The lowest BCUT2D eigenvalue weighted by Gasteiger charge is -2.31. The summed E-state index contributed by atoms with van der Waals surface area (Å²) in [5.74, 6) is 2.23. The predicted octanol–water partition coefficient (Wildman–Crippen LogP) is 4.61. The van der Waals surface area contributed by atoms with Gasteiger partial charge in [-0.3, -0.25) is 5.10 Å². The number of piperidine rings is 1. The third-order valence-electron chi connectivity index (χ3n) is 5.68. The van der Waals surface area contributed by atoms with E-state index in [1.807, 2.05) is 30.3 Å². The van der Waals surface area contributed by atoms with Gasteiger partial charge in [0.15, 0.2) is 11.5 Å². The highest BCUT2D eigenvalue weighted by atomic mass is 16.5. The summed E-state index contributed by atoms with van der Waals surface area (Å²) in [6, 6.07) is 16.2. The highest BCUT2D eigenvalue weighted by Gasteiger charge is 2.23. The minimum atomic E-state index is 0.595. The van der Waals surface area contributed by atoms with Gasteiger partial charge in [-0.05, 0) is 63.5 Å².